The standard InChI is InChI=1S/C14H13FN2O2/c1-9(10-4-2-5-11(15)8-10)17-13-12(14(18)19)6-3-7-16-13/h2-9H,1H3,(H,16,17)(H,18,19). The monoisotopic (exact) mass is 260 g/mol. The molecule has 19 heavy (non-hydrogen) atoms. The number of aromatic carboxylic acids is 1. The summed E-state index contributed by atoms with van der Waals surface area (Å²) in [6.07, 6.45) is 1.51. The van der Waals surface area contributed by atoms with Gasteiger partial charge in [0.05, 0.1) is 6.04 Å². The number of rotatable bonds is 4. The molecule has 0 radical (unpaired) electrons. The highest BCUT2D eigenvalue weighted by Gasteiger charge is 2.13. The SMILES string of the molecule is CC(Nc1ncccc1C(=O)O)c1cccc(F)c1. The van der Waals surface area contributed by atoms with Crippen LogP contribution in [0.2, 0.25) is 0 Å². The van der Waals surface area contributed by atoms with Crippen LogP contribution in [0.4, 0.5) is 10.2 Å². The average Bonchev–Trinajstić information content (AvgIpc) is 2.39. The van der Waals surface area contributed by atoms with Crippen molar-refractivity contribution < 1.29 is 14.3 Å². The zero-order valence-corrected chi connectivity index (χ0v) is 10.3. The fourth-order valence-corrected chi connectivity index (χ4v) is 1.76. The van der Waals surface area contributed by atoms with Gasteiger partial charge in [0.1, 0.15) is 17.2 Å². The van der Waals surface area contributed by atoms with E-state index >= 15 is 0 Å². The molecule has 0 amide bonds. The topological polar surface area (TPSA) is 62.2 Å². The lowest BCUT2D eigenvalue weighted by atomic mass is 10.1. The van der Waals surface area contributed by atoms with Gasteiger partial charge in [-0.15, -0.1) is 0 Å². The molecule has 0 saturated heterocycles. The van der Waals surface area contributed by atoms with Crippen molar-refractivity contribution in [3.63, 3.8) is 0 Å². The predicted octanol–water partition coefficient (Wildman–Crippen LogP) is 3.09. The normalized spacial score (nSPS) is 11.9. The van der Waals surface area contributed by atoms with Gasteiger partial charge in [-0.25, -0.2) is 14.2 Å². The maximum Gasteiger partial charge on any atom is 0.339 e. The summed E-state index contributed by atoms with van der Waals surface area (Å²) in [5.74, 6) is -1.11. The number of nitrogens with one attached hydrogen (secondary N) is 1. The van der Waals surface area contributed by atoms with Crippen LogP contribution in [-0.4, -0.2) is 16.1 Å². The molecule has 0 spiro atoms. The number of halogens is 1. The second-order valence-corrected chi connectivity index (χ2v) is 4.13. The van der Waals surface area contributed by atoms with E-state index in [0.717, 1.165) is 5.56 Å². The van der Waals surface area contributed by atoms with Crippen LogP contribution in [0, 0.1) is 5.82 Å². The Kier molecular flexibility index (Phi) is 3.75. The maximum absolute atomic E-state index is 13.1. The van der Waals surface area contributed by atoms with E-state index < -0.39 is 5.97 Å². The lowest BCUT2D eigenvalue weighted by molar-refractivity contribution is 0.0697. The van der Waals surface area contributed by atoms with Gasteiger partial charge in [-0.3, -0.25) is 0 Å². The largest absolute Gasteiger partial charge is 0.478 e. The van der Waals surface area contributed by atoms with Gasteiger partial charge in [0.15, 0.2) is 0 Å². The number of pyridine rings is 1. The van der Waals surface area contributed by atoms with Gasteiger partial charge in [0, 0.05) is 6.20 Å². The average molecular weight is 260 g/mol. The van der Waals surface area contributed by atoms with Crippen molar-refractivity contribution in [2.24, 2.45) is 0 Å². The minimum Gasteiger partial charge on any atom is -0.478 e. The molecule has 1 heterocycles. The molecule has 1 aromatic heterocycles. The lowest BCUT2D eigenvalue weighted by Crippen LogP contribution is -2.12. The molecule has 2 aromatic rings. The molecule has 4 nitrogen and oxygen atoms in total. The quantitative estimate of drug-likeness (QED) is 0.886. The van der Waals surface area contributed by atoms with E-state index in [1.165, 1.54) is 24.4 Å². The van der Waals surface area contributed by atoms with Gasteiger partial charge in [0.25, 0.3) is 0 Å². The van der Waals surface area contributed by atoms with Gasteiger partial charge in [-0.05, 0) is 36.8 Å². The first kappa shape index (κ1) is 13.0. The summed E-state index contributed by atoms with van der Waals surface area (Å²) >= 11 is 0. The number of nitrogens with zero attached hydrogens (tertiary/aromatic N) is 1. The third kappa shape index (κ3) is 3.07. The molecule has 1 unspecified atom stereocenters. The Balaban J connectivity index is 2.24. The molecule has 0 saturated carbocycles. The Bertz CT molecular complexity index is 602. The first-order valence-electron chi connectivity index (χ1n) is 5.78. The molecule has 0 aliphatic carbocycles. The zero-order valence-electron chi connectivity index (χ0n) is 10.3. The van der Waals surface area contributed by atoms with Crippen molar-refractivity contribution in [2.75, 3.05) is 5.32 Å². The van der Waals surface area contributed by atoms with Gasteiger partial charge in [0.2, 0.25) is 0 Å². The highest BCUT2D eigenvalue weighted by molar-refractivity contribution is 5.93. The molecule has 1 aromatic carbocycles. The summed E-state index contributed by atoms with van der Waals surface area (Å²) in [5.41, 5.74) is 0.813. The van der Waals surface area contributed by atoms with E-state index in [1.807, 2.05) is 6.92 Å². The minimum atomic E-state index is -1.05. The van der Waals surface area contributed by atoms with Gasteiger partial charge < -0.3 is 10.4 Å². The van der Waals surface area contributed by atoms with Crippen LogP contribution in [0.25, 0.3) is 0 Å². The third-order valence-corrected chi connectivity index (χ3v) is 2.74. The number of anilines is 1. The molecule has 5 heteroatoms. The smallest absolute Gasteiger partial charge is 0.339 e. The van der Waals surface area contributed by atoms with E-state index in [4.69, 9.17) is 5.11 Å². The summed E-state index contributed by atoms with van der Waals surface area (Å²) in [4.78, 5) is 15.1. The van der Waals surface area contributed by atoms with E-state index in [0.29, 0.717) is 0 Å². The van der Waals surface area contributed by atoms with E-state index in [2.05, 4.69) is 10.3 Å². The van der Waals surface area contributed by atoms with Crippen molar-refractivity contribution in [3.05, 3.63) is 59.5 Å². The van der Waals surface area contributed by atoms with Crippen LogP contribution in [0.3, 0.4) is 0 Å². The molecule has 0 fully saturated rings. The number of hydrogen-bond acceptors (Lipinski definition) is 3. The molecular formula is C14H13FN2O2. The van der Waals surface area contributed by atoms with Crippen molar-refractivity contribution in [1.29, 1.82) is 0 Å². The number of carboxylic acids is 1. The molecule has 98 valence electrons. The highest BCUT2D eigenvalue weighted by Crippen LogP contribution is 2.21. The predicted molar refractivity (Wildman–Crippen MR) is 69.6 cm³/mol. The fraction of sp³-hybridized carbons (Fsp3) is 0.143. The van der Waals surface area contributed by atoms with Gasteiger partial charge in [-0.1, -0.05) is 12.1 Å². The molecular weight excluding hydrogens is 247 g/mol. The Morgan fingerprint density at radius 3 is 2.84 bits per heavy atom. The van der Waals surface area contributed by atoms with Crippen LogP contribution in [-0.2, 0) is 0 Å². The molecule has 1 atom stereocenters. The first-order valence-corrected chi connectivity index (χ1v) is 5.78. The Hall–Kier alpha value is -2.43. The van der Waals surface area contributed by atoms with Crippen molar-refractivity contribution in [2.45, 2.75) is 13.0 Å². The molecule has 0 bridgehead atoms. The van der Waals surface area contributed by atoms with Crippen LogP contribution >= 0.6 is 0 Å². The van der Waals surface area contributed by atoms with Crippen molar-refractivity contribution >= 4 is 11.8 Å². The number of carboxylic acid groups (broad SMARTS) is 1. The number of carbonyl (C=O) groups is 1. The second kappa shape index (κ2) is 5.48. The van der Waals surface area contributed by atoms with Gasteiger partial charge in [-0.2, -0.15) is 0 Å². The zero-order chi connectivity index (χ0) is 13.8. The van der Waals surface area contributed by atoms with Gasteiger partial charge >= 0.3 is 5.97 Å². The fourth-order valence-electron chi connectivity index (χ4n) is 1.76. The van der Waals surface area contributed by atoms with Crippen LogP contribution in [0.1, 0.15) is 28.9 Å². The molecule has 2 N–H and O–H groups in total. The van der Waals surface area contributed by atoms with E-state index in [-0.39, 0.29) is 23.2 Å². The van der Waals surface area contributed by atoms with Crippen molar-refractivity contribution in [1.82, 2.24) is 4.98 Å². The Morgan fingerprint density at radius 1 is 1.37 bits per heavy atom. The van der Waals surface area contributed by atoms with Crippen LogP contribution < -0.4 is 5.32 Å². The van der Waals surface area contributed by atoms with E-state index in [1.54, 1.807) is 18.2 Å². The third-order valence-electron chi connectivity index (χ3n) is 2.74. The summed E-state index contributed by atoms with van der Waals surface area (Å²) in [6, 6.07) is 8.92. The summed E-state index contributed by atoms with van der Waals surface area (Å²) in [7, 11) is 0. The van der Waals surface area contributed by atoms with Crippen LogP contribution in [0.15, 0.2) is 42.6 Å². The highest BCUT2D eigenvalue weighted by atomic mass is 19.1. The number of hydrogen-bond donors (Lipinski definition) is 2. The first-order chi connectivity index (χ1) is 9.08. The summed E-state index contributed by atoms with van der Waals surface area (Å²) < 4.78 is 13.1. The summed E-state index contributed by atoms with van der Waals surface area (Å²) in [5, 5.41) is 12.0. The van der Waals surface area contributed by atoms with Crippen LogP contribution in [0.5, 0.6) is 0 Å². The summed E-state index contributed by atoms with van der Waals surface area (Å²) in [6.45, 7) is 1.81. The Morgan fingerprint density at radius 2 is 2.16 bits per heavy atom. The molecule has 0 aliphatic rings. The lowest BCUT2D eigenvalue weighted by Gasteiger charge is -2.16. The maximum atomic E-state index is 13.1. The number of benzene rings is 1. The molecule has 0 aliphatic heterocycles. The van der Waals surface area contributed by atoms with Crippen molar-refractivity contribution in [3.8, 4) is 0 Å². The van der Waals surface area contributed by atoms with E-state index in [9.17, 15) is 9.18 Å². The molecule has 2 rings (SSSR count). The minimum absolute atomic E-state index is 0.0887. The number of aromatic nitrogens is 1. The second-order valence-electron chi connectivity index (χ2n) is 4.13. The Labute approximate surface area is 109 Å².